The molecule has 3 rings (SSSR count). The van der Waals surface area contributed by atoms with Crippen LogP contribution in [0.3, 0.4) is 0 Å². The summed E-state index contributed by atoms with van der Waals surface area (Å²) in [6.07, 6.45) is 6.52. The number of hydrogen-bond acceptors (Lipinski definition) is 4. The minimum Gasteiger partial charge on any atom is -0.495 e. The molecule has 2 aliphatic rings. The largest absolute Gasteiger partial charge is 0.495 e. The van der Waals surface area contributed by atoms with E-state index in [9.17, 15) is 13.2 Å². The quantitative estimate of drug-likeness (QED) is 0.724. The first-order valence-corrected chi connectivity index (χ1v) is 12.1. The molecule has 0 spiro atoms. The van der Waals surface area contributed by atoms with Crippen molar-refractivity contribution >= 4 is 15.9 Å². The standard InChI is InChI=1S/C22H34N2O4S/c1-16-12-17(2)15-24(14-16)29(26,27)21-13-18(10-11-20(21)28-4)22(25)23(3)19-8-6-5-7-9-19/h10-11,13,16-17,19H,5-9,12,14-15H2,1-4H3. The summed E-state index contributed by atoms with van der Waals surface area (Å²) in [5, 5.41) is 0. The van der Waals surface area contributed by atoms with E-state index in [4.69, 9.17) is 4.74 Å². The molecule has 0 radical (unpaired) electrons. The molecule has 1 saturated heterocycles. The van der Waals surface area contributed by atoms with Crippen molar-refractivity contribution in [3.05, 3.63) is 23.8 Å². The lowest BCUT2D eigenvalue weighted by atomic mass is 9.94. The molecule has 162 valence electrons. The van der Waals surface area contributed by atoms with Crippen LogP contribution in [0.25, 0.3) is 0 Å². The van der Waals surface area contributed by atoms with Crippen LogP contribution in [0, 0.1) is 11.8 Å². The number of methoxy groups -OCH3 is 1. The lowest BCUT2D eigenvalue weighted by Crippen LogP contribution is -2.42. The summed E-state index contributed by atoms with van der Waals surface area (Å²) in [4.78, 5) is 14.9. The topological polar surface area (TPSA) is 66.9 Å². The number of piperidine rings is 1. The molecule has 2 atom stereocenters. The molecule has 1 aromatic rings. The van der Waals surface area contributed by atoms with E-state index in [0.717, 1.165) is 32.1 Å². The molecule has 2 unspecified atom stereocenters. The third-order valence-corrected chi connectivity index (χ3v) is 8.16. The summed E-state index contributed by atoms with van der Waals surface area (Å²) in [6.45, 7) is 5.15. The van der Waals surface area contributed by atoms with Gasteiger partial charge in [-0.25, -0.2) is 8.42 Å². The Bertz CT molecular complexity index is 823. The average molecular weight is 423 g/mol. The Morgan fingerprint density at radius 2 is 1.72 bits per heavy atom. The highest BCUT2D eigenvalue weighted by molar-refractivity contribution is 7.89. The van der Waals surface area contributed by atoms with Crippen molar-refractivity contribution in [1.29, 1.82) is 0 Å². The molecule has 0 N–H and O–H groups in total. The van der Waals surface area contributed by atoms with E-state index in [0.29, 0.717) is 30.5 Å². The molecular formula is C22H34N2O4S. The minimum atomic E-state index is -3.74. The fraction of sp³-hybridized carbons (Fsp3) is 0.682. The van der Waals surface area contributed by atoms with Gasteiger partial charge in [0, 0.05) is 31.7 Å². The zero-order valence-electron chi connectivity index (χ0n) is 18.1. The molecule has 1 aliphatic heterocycles. The van der Waals surface area contributed by atoms with Crippen molar-refractivity contribution in [2.24, 2.45) is 11.8 Å². The van der Waals surface area contributed by atoms with E-state index in [1.165, 1.54) is 19.6 Å². The van der Waals surface area contributed by atoms with Crippen molar-refractivity contribution in [2.75, 3.05) is 27.2 Å². The van der Waals surface area contributed by atoms with E-state index in [-0.39, 0.29) is 22.6 Å². The summed E-state index contributed by atoms with van der Waals surface area (Å²) in [6, 6.07) is 4.99. The number of hydrogen-bond donors (Lipinski definition) is 0. The van der Waals surface area contributed by atoms with E-state index >= 15 is 0 Å². The Morgan fingerprint density at radius 3 is 2.31 bits per heavy atom. The molecule has 2 fully saturated rings. The Hall–Kier alpha value is -1.60. The van der Waals surface area contributed by atoms with Crippen molar-refractivity contribution < 1.29 is 17.9 Å². The zero-order chi connectivity index (χ0) is 21.2. The molecule has 0 aromatic heterocycles. The smallest absolute Gasteiger partial charge is 0.253 e. The summed E-state index contributed by atoms with van der Waals surface area (Å²) >= 11 is 0. The van der Waals surface area contributed by atoms with Gasteiger partial charge in [-0.15, -0.1) is 0 Å². The lowest BCUT2D eigenvalue weighted by Gasteiger charge is -2.34. The number of amides is 1. The first kappa shape index (κ1) is 22.1. The maximum Gasteiger partial charge on any atom is 0.253 e. The Morgan fingerprint density at radius 1 is 1.10 bits per heavy atom. The molecule has 7 heteroatoms. The molecular weight excluding hydrogens is 388 g/mol. The molecule has 0 bridgehead atoms. The van der Waals surface area contributed by atoms with Gasteiger partial charge < -0.3 is 9.64 Å². The number of rotatable bonds is 5. The van der Waals surface area contributed by atoms with Crippen LogP contribution in [0.2, 0.25) is 0 Å². The highest BCUT2D eigenvalue weighted by atomic mass is 32.2. The number of ether oxygens (including phenoxy) is 1. The lowest BCUT2D eigenvalue weighted by molar-refractivity contribution is 0.0696. The number of carbonyl (C=O) groups is 1. The number of carbonyl (C=O) groups excluding carboxylic acids is 1. The summed E-state index contributed by atoms with van der Waals surface area (Å²) in [7, 11) is -0.452. The van der Waals surface area contributed by atoms with Gasteiger partial charge in [0.2, 0.25) is 10.0 Å². The fourth-order valence-corrected chi connectivity index (χ4v) is 6.65. The van der Waals surface area contributed by atoms with Gasteiger partial charge >= 0.3 is 0 Å². The summed E-state index contributed by atoms with van der Waals surface area (Å²) in [5.41, 5.74) is 0.399. The molecule has 1 amide bonds. The van der Waals surface area contributed by atoms with Crippen molar-refractivity contribution in [3.8, 4) is 5.75 Å². The van der Waals surface area contributed by atoms with Crippen molar-refractivity contribution in [1.82, 2.24) is 9.21 Å². The van der Waals surface area contributed by atoms with Crippen LogP contribution >= 0.6 is 0 Å². The van der Waals surface area contributed by atoms with Crippen molar-refractivity contribution in [2.45, 2.75) is 63.3 Å². The van der Waals surface area contributed by atoms with Gasteiger partial charge in [0.25, 0.3) is 5.91 Å². The highest BCUT2D eigenvalue weighted by Gasteiger charge is 2.34. The minimum absolute atomic E-state index is 0.0872. The second-order valence-corrected chi connectivity index (χ2v) is 10.7. The Balaban J connectivity index is 1.91. The molecule has 1 heterocycles. The number of benzene rings is 1. The third-order valence-electron chi connectivity index (χ3n) is 6.31. The molecule has 29 heavy (non-hydrogen) atoms. The van der Waals surface area contributed by atoms with Gasteiger partial charge in [0.05, 0.1) is 7.11 Å². The maximum atomic E-state index is 13.4. The van der Waals surface area contributed by atoms with Crippen LogP contribution in [0.1, 0.15) is 62.7 Å². The molecule has 1 aliphatic carbocycles. The fourth-order valence-electron chi connectivity index (χ4n) is 4.79. The first-order chi connectivity index (χ1) is 13.7. The van der Waals surface area contributed by atoms with Gasteiger partial charge in [0.15, 0.2) is 0 Å². The second kappa shape index (κ2) is 9.04. The van der Waals surface area contributed by atoms with Gasteiger partial charge in [-0.05, 0) is 49.3 Å². The van der Waals surface area contributed by atoms with Crippen LogP contribution in [-0.4, -0.2) is 56.8 Å². The van der Waals surface area contributed by atoms with Gasteiger partial charge in [-0.1, -0.05) is 33.1 Å². The predicted molar refractivity (Wildman–Crippen MR) is 114 cm³/mol. The van der Waals surface area contributed by atoms with E-state index in [2.05, 4.69) is 13.8 Å². The first-order valence-electron chi connectivity index (χ1n) is 10.7. The molecule has 6 nitrogen and oxygen atoms in total. The van der Waals surface area contributed by atoms with Gasteiger partial charge in [-0.3, -0.25) is 4.79 Å². The maximum absolute atomic E-state index is 13.4. The number of sulfonamides is 1. The molecule has 1 saturated carbocycles. The van der Waals surface area contributed by atoms with E-state index in [1.54, 1.807) is 21.3 Å². The molecule has 1 aromatic carbocycles. The van der Waals surface area contributed by atoms with Crippen molar-refractivity contribution in [3.63, 3.8) is 0 Å². The second-order valence-electron chi connectivity index (χ2n) is 8.84. The monoisotopic (exact) mass is 422 g/mol. The highest BCUT2D eigenvalue weighted by Crippen LogP contribution is 2.32. The average Bonchev–Trinajstić information content (AvgIpc) is 2.72. The van der Waals surface area contributed by atoms with Gasteiger partial charge in [0.1, 0.15) is 10.6 Å². The normalized spacial score (nSPS) is 24.3. The predicted octanol–water partition coefficient (Wildman–Crippen LogP) is 3.77. The Labute approximate surface area is 175 Å². The van der Waals surface area contributed by atoms with Crippen LogP contribution in [-0.2, 0) is 10.0 Å². The Kier molecular flexibility index (Phi) is 6.89. The van der Waals surface area contributed by atoms with E-state index < -0.39 is 10.0 Å². The van der Waals surface area contributed by atoms with Crippen LogP contribution < -0.4 is 4.74 Å². The zero-order valence-corrected chi connectivity index (χ0v) is 18.9. The third kappa shape index (κ3) is 4.77. The number of nitrogens with zero attached hydrogens (tertiary/aromatic N) is 2. The summed E-state index contributed by atoms with van der Waals surface area (Å²) < 4.78 is 33.8. The van der Waals surface area contributed by atoms with E-state index in [1.807, 2.05) is 7.05 Å². The van der Waals surface area contributed by atoms with Crippen LogP contribution in [0.5, 0.6) is 5.75 Å². The van der Waals surface area contributed by atoms with Crippen LogP contribution in [0.4, 0.5) is 0 Å². The van der Waals surface area contributed by atoms with Gasteiger partial charge in [-0.2, -0.15) is 4.31 Å². The van der Waals surface area contributed by atoms with Crippen LogP contribution in [0.15, 0.2) is 23.1 Å². The summed E-state index contributed by atoms with van der Waals surface area (Å²) in [5.74, 6) is 0.771. The SMILES string of the molecule is COc1ccc(C(=O)N(C)C2CCCCC2)cc1S(=O)(=O)N1CC(C)CC(C)C1.